The summed E-state index contributed by atoms with van der Waals surface area (Å²) < 4.78 is 57.6. The first-order valence-electron chi connectivity index (χ1n) is 14.7. The van der Waals surface area contributed by atoms with Crippen molar-refractivity contribution in [3.8, 4) is 11.8 Å². The molecule has 0 unspecified atom stereocenters. The van der Waals surface area contributed by atoms with Gasteiger partial charge in [-0.15, -0.1) is 0 Å². The highest BCUT2D eigenvalue weighted by atomic mass is 19.4. The van der Waals surface area contributed by atoms with E-state index in [1.54, 1.807) is 19.2 Å². The molecular formula is C32H33F3N4O5. The quantitative estimate of drug-likeness (QED) is 0.292. The topological polar surface area (TPSA) is 113 Å². The summed E-state index contributed by atoms with van der Waals surface area (Å²) in [6.45, 7) is 2.34. The van der Waals surface area contributed by atoms with Crippen molar-refractivity contribution in [3.63, 3.8) is 0 Å². The van der Waals surface area contributed by atoms with Crippen LogP contribution in [-0.2, 0) is 16.1 Å². The fraction of sp³-hybridized carbons (Fsp3) is 0.469. The Labute approximate surface area is 252 Å². The lowest BCUT2D eigenvalue weighted by Gasteiger charge is -2.37. The molecule has 9 nitrogen and oxygen atoms in total. The molecule has 1 aromatic carbocycles. The summed E-state index contributed by atoms with van der Waals surface area (Å²) in [7, 11) is 1.37. The van der Waals surface area contributed by atoms with E-state index in [1.165, 1.54) is 7.11 Å². The number of anilines is 1. The fourth-order valence-corrected chi connectivity index (χ4v) is 6.72. The number of carbonyl (C=O) groups excluding carboxylic acids is 2. The second-order valence-corrected chi connectivity index (χ2v) is 11.9. The Morgan fingerprint density at radius 3 is 2.52 bits per heavy atom. The zero-order valence-electron chi connectivity index (χ0n) is 24.4. The SMILES string of the molecule is COc1nc(C(=O)C23CC(C2)[C@@H](C(F)(F)F)C3)c(NC(=O)[C@H]2CCO[C@@H](c3ccc(OCc4ccccc4)nc3)C2)nc1C. The van der Waals surface area contributed by atoms with E-state index in [0.717, 1.165) is 11.1 Å². The van der Waals surface area contributed by atoms with Gasteiger partial charge in [0.15, 0.2) is 17.3 Å². The average molecular weight is 611 g/mol. The number of ether oxygens (including phenoxy) is 3. The van der Waals surface area contributed by atoms with E-state index in [1.807, 2.05) is 36.4 Å². The summed E-state index contributed by atoms with van der Waals surface area (Å²) in [5, 5.41) is 2.76. The first-order chi connectivity index (χ1) is 21.1. The second kappa shape index (κ2) is 11.8. The molecular weight excluding hydrogens is 577 g/mol. The van der Waals surface area contributed by atoms with Crippen LogP contribution in [0.25, 0.3) is 0 Å². The molecule has 3 atom stereocenters. The molecule has 232 valence electrons. The smallest absolute Gasteiger partial charge is 0.392 e. The van der Waals surface area contributed by atoms with Gasteiger partial charge in [0.05, 0.1) is 19.1 Å². The Hall–Kier alpha value is -4.06. The number of ketones is 1. The molecule has 3 saturated carbocycles. The van der Waals surface area contributed by atoms with Crippen LogP contribution in [0.3, 0.4) is 0 Å². The van der Waals surface area contributed by atoms with Crippen LogP contribution in [-0.4, -0.2) is 46.5 Å². The molecule has 1 N–H and O–H groups in total. The summed E-state index contributed by atoms with van der Waals surface area (Å²) >= 11 is 0. The molecule has 0 spiro atoms. The molecule has 3 heterocycles. The highest BCUT2D eigenvalue weighted by Crippen LogP contribution is 2.66. The van der Waals surface area contributed by atoms with Crippen LogP contribution >= 0.6 is 0 Å². The Kier molecular flexibility index (Phi) is 8.04. The standard InChI is InChI=1S/C32H33F3N4O5/c1-18-30(42-2)38-26(27(40)31-13-22(14-31)23(15-31)32(33,34)35)28(37-18)39-29(41)20-10-11-43-24(12-20)21-8-9-25(36-16-21)44-17-19-6-4-3-5-7-19/h3-9,16,20,22-24H,10-15,17H2,1-2H3,(H,37,39,41)/t20-,22?,23-,24+,31?/m0/s1. The summed E-state index contributed by atoms with van der Waals surface area (Å²) in [5.41, 5.74) is 0.834. The molecule has 7 rings (SSSR count). The van der Waals surface area contributed by atoms with Crippen LogP contribution in [0.15, 0.2) is 48.7 Å². The maximum Gasteiger partial charge on any atom is 0.392 e. The summed E-state index contributed by atoms with van der Waals surface area (Å²) in [6.07, 6.45) is -2.26. The van der Waals surface area contributed by atoms with E-state index in [-0.39, 0.29) is 48.7 Å². The number of methoxy groups -OCH3 is 1. The van der Waals surface area contributed by atoms with Crippen molar-refractivity contribution in [2.24, 2.45) is 23.2 Å². The Bertz CT molecular complexity index is 1530. The molecule has 12 heteroatoms. The van der Waals surface area contributed by atoms with Gasteiger partial charge >= 0.3 is 6.18 Å². The average Bonchev–Trinajstić information content (AvgIpc) is 3.60. The Balaban J connectivity index is 1.14. The number of benzene rings is 1. The van der Waals surface area contributed by atoms with E-state index in [4.69, 9.17) is 14.2 Å². The molecule has 2 aromatic heterocycles. The van der Waals surface area contributed by atoms with Crippen molar-refractivity contribution in [2.75, 3.05) is 19.0 Å². The van der Waals surface area contributed by atoms with Gasteiger partial charge in [-0.05, 0) is 62.1 Å². The zero-order chi connectivity index (χ0) is 31.1. The number of aromatic nitrogens is 3. The monoisotopic (exact) mass is 610 g/mol. The number of hydrogen-bond donors (Lipinski definition) is 1. The lowest BCUT2D eigenvalue weighted by molar-refractivity contribution is -0.180. The van der Waals surface area contributed by atoms with Crippen molar-refractivity contribution in [2.45, 2.75) is 57.9 Å². The summed E-state index contributed by atoms with van der Waals surface area (Å²) in [5.74, 6) is -2.97. The minimum absolute atomic E-state index is 0.0591. The van der Waals surface area contributed by atoms with Gasteiger partial charge in [0.25, 0.3) is 0 Å². The Morgan fingerprint density at radius 1 is 1.09 bits per heavy atom. The molecule has 2 bridgehead atoms. The number of alkyl halides is 3. The van der Waals surface area contributed by atoms with Crippen molar-refractivity contribution >= 4 is 17.5 Å². The minimum atomic E-state index is -4.36. The maximum atomic E-state index is 13.7. The Morgan fingerprint density at radius 2 is 1.86 bits per heavy atom. The highest BCUT2D eigenvalue weighted by Gasteiger charge is 2.67. The molecule has 3 aromatic rings. The van der Waals surface area contributed by atoms with E-state index in [0.29, 0.717) is 37.6 Å². The third kappa shape index (κ3) is 5.87. The highest BCUT2D eigenvalue weighted by molar-refractivity contribution is 6.06. The normalized spacial score (nSPS) is 26.0. The van der Waals surface area contributed by atoms with Crippen LogP contribution in [0.1, 0.15) is 65.5 Å². The van der Waals surface area contributed by atoms with Gasteiger partial charge in [0.1, 0.15) is 12.3 Å². The largest absolute Gasteiger partial charge is 0.480 e. The van der Waals surface area contributed by atoms with Crippen LogP contribution in [0.5, 0.6) is 11.8 Å². The van der Waals surface area contributed by atoms with E-state index < -0.39 is 35.1 Å². The lowest BCUT2D eigenvalue weighted by Crippen LogP contribution is -2.38. The number of fused-ring (bicyclic) bond motifs is 1. The number of halogens is 3. The van der Waals surface area contributed by atoms with E-state index in [2.05, 4.69) is 20.3 Å². The van der Waals surface area contributed by atoms with E-state index >= 15 is 0 Å². The van der Waals surface area contributed by atoms with Crippen molar-refractivity contribution in [1.82, 2.24) is 15.0 Å². The number of aryl methyl sites for hydroxylation is 1. The number of Topliss-reactive ketones (excluding diaryl/α,β-unsaturated/α-hetero) is 1. The van der Waals surface area contributed by atoms with Gasteiger partial charge in [-0.25, -0.2) is 15.0 Å². The van der Waals surface area contributed by atoms with Gasteiger partial charge in [0.2, 0.25) is 17.7 Å². The molecule has 4 aliphatic rings. The van der Waals surface area contributed by atoms with Crippen LogP contribution in [0, 0.1) is 30.1 Å². The predicted octanol–water partition coefficient (Wildman–Crippen LogP) is 6.04. The summed E-state index contributed by atoms with van der Waals surface area (Å²) in [4.78, 5) is 40.3. The molecule has 1 aliphatic heterocycles. The van der Waals surface area contributed by atoms with Gasteiger partial charge in [-0.2, -0.15) is 13.2 Å². The third-order valence-corrected chi connectivity index (χ3v) is 9.08. The molecule has 1 saturated heterocycles. The number of nitrogens with zero attached hydrogens (tertiary/aromatic N) is 3. The number of rotatable bonds is 9. The molecule has 1 amide bonds. The van der Waals surface area contributed by atoms with Crippen LogP contribution < -0.4 is 14.8 Å². The van der Waals surface area contributed by atoms with Crippen LogP contribution in [0.2, 0.25) is 0 Å². The number of nitrogens with one attached hydrogen (secondary N) is 1. The first-order valence-corrected chi connectivity index (χ1v) is 14.7. The van der Waals surface area contributed by atoms with E-state index in [9.17, 15) is 22.8 Å². The van der Waals surface area contributed by atoms with Gasteiger partial charge in [-0.1, -0.05) is 30.3 Å². The predicted molar refractivity (Wildman–Crippen MR) is 152 cm³/mol. The molecule has 0 radical (unpaired) electrons. The van der Waals surface area contributed by atoms with Crippen LogP contribution in [0.4, 0.5) is 19.0 Å². The molecule has 44 heavy (non-hydrogen) atoms. The van der Waals surface area contributed by atoms with Crippen molar-refractivity contribution < 1.29 is 37.0 Å². The minimum Gasteiger partial charge on any atom is -0.480 e. The van der Waals surface area contributed by atoms with Crippen molar-refractivity contribution in [3.05, 3.63) is 71.2 Å². The number of amides is 1. The van der Waals surface area contributed by atoms with Gasteiger partial charge in [0, 0.05) is 30.2 Å². The maximum absolute atomic E-state index is 13.7. The first kappa shape index (κ1) is 30.0. The number of carbonyl (C=O) groups is 2. The number of pyridine rings is 1. The fourth-order valence-electron chi connectivity index (χ4n) is 6.72. The third-order valence-electron chi connectivity index (χ3n) is 9.08. The van der Waals surface area contributed by atoms with Gasteiger partial charge in [-0.3, -0.25) is 9.59 Å². The van der Waals surface area contributed by atoms with Gasteiger partial charge < -0.3 is 19.5 Å². The second-order valence-electron chi connectivity index (χ2n) is 11.9. The van der Waals surface area contributed by atoms with Crippen molar-refractivity contribution in [1.29, 1.82) is 0 Å². The molecule has 4 fully saturated rings. The molecule has 3 aliphatic carbocycles. The number of hydrogen-bond acceptors (Lipinski definition) is 8. The summed E-state index contributed by atoms with van der Waals surface area (Å²) in [6, 6.07) is 13.4. The lowest BCUT2D eigenvalue weighted by atomic mass is 9.66. The zero-order valence-corrected chi connectivity index (χ0v) is 24.4.